The van der Waals surface area contributed by atoms with E-state index in [9.17, 15) is 14.4 Å². The van der Waals surface area contributed by atoms with Crippen LogP contribution >= 0.6 is 0 Å². The Balaban J connectivity index is 4.07. The van der Waals surface area contributed by atoms with Crippen LogP contribution in [0.3, 0.4) is 0 Å². The van der Waals surface area contributed by atoms with E-state index in [1.807, 2.05) is 0 Å². The fourth-order valence-electron chi connectivity index (χ4n) is 7.59. The van der Waals surface area contributed by atoms with E-state index in [-0.39, 0.29) is 37.5 Å². The molecule has 0 amide bonds. The third kappa shape index (κ3) is 56.5. The van der Waals surface area contributed by atoms with E-state index >= 15 is 0 Å². The van der Waals surface area contributed by atoms with Crippen LogP contribution in [0, 0.1) is 0 Å². The van der Waals surface area contributed by atoms with Gasteiger partial charge in [-0.3, -0.25) is 14.4 Å². The number of carbonyl (C=O) groups is 3. The Morgan fingerprint density at radius 1 is 0.292 bits per heavy atom. The van der Waals surface area contributed by atoms with Crippen LogP contribution in [-0.2, 0) is 28.6 Å². The Bertz CT molecular complexity index is 1560. The molecule has 0 radical (unpaired) electrons. The number of carbonyl (C=O) groups excluding carboxylic acids is 3. The van der Waals surface area contributed by atoms with E-state index in [1.165, 1.54) is 64.2 Å². The maximum Gasteiger partial charge on any atom is 0.306 e. The smallest absolute Gasteiger partial charge is 0.306 e. The summed E-state index contributed by atoms with van der Waals surface area (Å²) in [5, 5.41) is 0. The first kappa shape index (κ1) is 67.5. The van der Waals surface area contributed by atoms with Crippen molar-refractivity contribution >= 4 is 17.9 Å². The van der Waals surface area contributed by atoms with Crippen LogP contribution < -0.4 is 0 Å². The third-order valence-corrected chi connectivity index (χ3v) is 11.9. The Hall–Kier alpha value is -4.45. The molecule has 72 heavy (non-hydrogen) atoms. The quantitative estimate of drug-likeness (QED) is 0.0261. The van der Waals surface area contributed by atoms with Gasteiger partial charge in [-0.25, -0.2) is 0 Å². The minimum atomic E-state index is -0.794. The normalized spacial score (nSPS) is 13.1. The fourth-order valence-corrected chi connectivity index (χ4v) is 7.59. The van der Waals surface area contributed by atoms with Gasteiger partial charge in [-0.05, 0) is 116 Å². The van der Waals surface area contributed by atoms with Gasteiger partial charge in [-0.2, -0.15) is 0 Å². The minimum absolute atomic E-state index is 0.0933. The lowest BCUT2D eigenvalue weighted by atomic mass is 10.1. The largest absolute Gasteiger partial charge is 0.462 e. The summed E-state index contributed by atoms with van der Waals surface area (Å²) in [6.45, 7) is 6.30. The SMILES string of the molecule is CC/C=C\C/C=C\C/C=C\C/C=C\C/C=C\C/C=C\C/C=C\C/C=C\CCCCCCCCCCCCC(=O)OCC(COC(=O)CCCCCCCC)OC(=O)CCCCC/C=C\C/C=C\C/C=C\CC. The average Bonchev–Trinajstić information content (AvgIpc) is 3.38. The summed E-state index contributed by atoms with van der Waals surface area (Å²) in [7, 11) is 0. The summed E-state index contributed by atoms with van der Waals surface area (Å²) in [5.74, 6) is -0.943. The molecule has 0 aliphatic carbocycles. The number of hydrogen-bond acceptors (Lipinski definition) is 6. The molecule has 6 nitrogen and oxygen atoms in total. The molecule has 0 saturated heterocycles. The fraction of sp³-hybridized carbons (Fsp3) is 0.621. The molecule has 1 unspecified atom stereocenters. The van der Waals surface area contributed by atoms with E-state index in [0.29, 0.717) is 12.8 Å². The lowest BCUT2D eigenvalue weighted by Crippen LogP contribution is -2.30. The van der Waals surface area contributed by atoms with E-state index in [4.69, 9.17) is 14.2 Å². The average molecular weight is 996 g/mol. The van der Waals surface area contributed by atoms with E-state index in [2.05, 4.69) is 154 Å². The molecular weight excluding hydrogens is 889 g/mol. The van der Waals surface area contributed by atoms with Gasteiger partial charge < -0.3 is 14.2 Å². The van der Waals surface area contributed by atoms with Crippen LogP contribution in [-0.4, -0.2) is 37.2 Å². The van der Waals surface area contributed by atoms with Gasteiger partial charge in [0.2, 0.25) is 0 Å². The lowest BCUT2D eigenvalue weighted by Gasteiger charge is -2.18. The van der Waals surface area contributed by atoms with Crippen LogP contribution in [0.15, 0.2) is 134 Å². The van der Waals surface area contributed by atoms with Crippen LogP contribution in [0.1, 0.15) is 245 Å². The van der Waals surface area contributed by atoms with Gasteiger partial charge >= 0.3 is 17.9 Å². The minimum Gasteiger partial charge on any atom is -0.462 e. The molecule has 0 heterocycles. The second kappa shape index (κ2) is 59.1. The number of unbranched alkanes of at least 4 members (excludes halogenated alkanes) is 18. The molecular formula is C66H106O6. The summed E-state index contributed by atoms with van der Waals surface area (Å²) in [6.07, 6.45) is 83.5. The van der Waals surface area contributed by atoms with Crippen molar-refractivity contribution in [2.45, 2.75) is 252 Å². The summed E-state index contributed by atoms with van der Waals surface area (Å²) in [5.41, 5.74) is 0. The molecule has 0 aliphatic rings. The highest BCUT2D eigenvalue weighted by Gasteiger charge is 2.19. The zero-order chi connectivity index (χ0) is 52.2. The van der Waals surface area contributed by atoms with Crippen molar-refractivity contribution in [1.29, 1.82) is 0 Å². The maximum absolute atomic E-state index is 12.7. The van der Waals surface area contributed by atoms with Crippen molar-refractivity contribution < 1.29 is 28.6 Å². The highest BCUT2D eigenvalue weighted by Crippen LogP contribution is 2.14. The number of allylic oxidation sites excluding steroid dienone is 22. The molecule has 0 aliphatic heterocycles. The van der Waals surface area contributed by atoms with Gasteiger partial charge in [0, 0.05) is 19.3 Å². The van der Waals surface area contributed by atoms with Gasteiger partial charge in [0.1, 0.15) is 13.2 Å². The Morgan fingerprint density at radius 3 is 0.861 bits per heavy atom. The van der Waals surface area contributed by atoms with Gasteiger partial charge in [-0.1, -0.05) is 244 Å². The Morgan fingerprint density at radius 2 is 0.542 bits per heavy atom. The molecule has 1 atom stereocenters. The summed E-state index contributed by atoms with van der Waals surface area (Å²) < 4.78 is 16.7. The van der Waals surface area contributed by atoms with E-state index in [1.54, 1.807) is 0 Å². The molecule has 0 aromatic carbocycles. The van der Waals surface area contributed by atoms with Gasteiger partial charge in [0.05, 0.1) is 0 Å². The Labute approximate surface area is 443 Å². The monoisotopic (exact) mass is 995 g/mol. The molecule has 0 saturated carbocycles. The number of esters is 3. The van der Waals surface area contributed by atoms with Gasteiger partial charge in [0.15, 0.2) is 6.10 Å². The van der Waals surface area contributed by atoms with Gasteiger partial charge in [0.25, 0.3) is 0 Å². The zero-order valence-corrected chi connectivity index (χ0v) is 46.4. The first-order chi connectivity index (χ1) is 35.5. The predicted octanol–water partition coefficient (Wildman–Crippen LogP) is 19.8. The van der Waals surface area contributed by atoms with Crippen molar-refractivity contribution in [1.82, 2.24) is 0 Å². The maximum atomic E-state index is 12.7. The lowest BCUT2D eigenvalue weighted by molar-refractivity contribution is -0.167. The van der Waals surface area contributed by atoms with Gasteiger partial charge in [-0.15, -0.1) is 0 Å². The van der Waals surface area contributed by atoms with Crippen molar-refractivity contribution in [3.8, 4) is 0 Å². The van der Waals surface area contributed by atoms with Crippen molar-refractivity contribution in [2.75, 3.05) is 13.2 Å². The molecule has 0 aromatic rings. The van der Waals surface area contributed by atoms with E-state index in [0.717, 1.165) is 141 Å². The standard InChI is InChI=1S/C66H106O6/c1-4-7-10-13-16-18-20-22-23-24-25-26-27-28-29-30-31-32-33-34-35-36-37-38-39-40-41-42-43-45-46-48-50-53-56-59-65(68)71-62-63(61-70-64(67)58-55-52-15-12-9-6-3)72-66(69)60-57-54-51-49-47-44-21-19-17-14-11-8-5-2/h7-8,10-11,16-19,22-23,25-26,28-29,31-32,34-35,37-38,44,47,63H,4-6,9,12-15,20-21,24,27,30,33,36,39-43,45-46,48-62H2,1-3H3/b10-7-,11-8-,18-16-,19-17-,23-22-,26-25-,29-28-,32-31-,35-34-,38-37-,47-44-. The van der Waals surface area contributed by atoms with Crippen molar-refractivity contribution in [2.24, 2.45) is 0 Å². The second-order valence-electron chi connectivity index (χ2n) is 18.8. The topological polar surface area (TPSA) is 78.9 Å². The molecule has 0 spiro atoms. The number of rotatable bonds is 51. The molecule has 406 valence electrons. The zero-order valence-electron chi connectivity index (χ0n) is 46.4. The molecule has 0 N–H and O–H groups in total. The van der Waals surface area contributed by atoms with Crippen molar-refractivity contribution in [3.63, 3.8) is 0 Å². The first-order valence-electron chi connectivity index (χ1n) is 29.2. The summed E-state index contributed by atoms with van der Waals surface area (Å²) >= 11 is 0. The van der Waals surface area contributed by atoms with Crippen molar-refractivity contribution in [3.05, 3.63) is 134 Å². The van der Waals surface area contributed by atoms with Crippen LogP contribution in [0.4, 0.5) is 0 Å². The predicted molar refractivity (Wildman–Crippen MR) is 311 cm³/mol. The third-order valence-electron chi connectivity index (χ3n) is 11.9. The number of ether oxygens (including phenoxy) is 3. The molecule has 0 bridgehead atoms. The molecule has 0 rings (SSSR count). The first-order valence-corrected chi connectivity index (χ1v) is 29.2. The molecule has 0 fully saturated rings. The molecule has 0 aromatic heterocycles. The number of hydrogen-bond donors (Lipinski definition) is 0. The van der Waals surface area contributed by atoms with E-state index < -0.39 is 6.10 Å². The summed E-state index contributed by atoms with van der Waals surface area (Å²) in [6, 6.07) is 0. The second-order valence-corrected chi connectivity index (χ2v) is 18.8. The highest BCUT2D eigenvalue weighted by atomic mass is 16.6. The van der Waals surface area contributed by atoms with Crippen LogP contribution in [0.5, 0.6) is 0 Å². The highest BCUT2D eigenvalue weighted by molar-refractivity contribution is 5.71. The molecule has 6 heteroatoms. The summed E-state index contributed by atoms with van der Waals surface area (Å²) in [4.78, 5) is 37.8. The van der Waals surface area contributed by atoms with Crippen LogP contribution in [0.25, 0.3) is 0 Å². The Kier molecular flexibility index (Phi) is 55.5. The van der Waals surface area contributed by atoms with Crippen LogP contribution in [0.2, 0.25) is 0 Å².